The lowest BCUT2D eigenvalue weighted by atomic mass is 10.0. The van der Waals surface area contributed by atoms with Gasteiger partial charge in [-0.2, -0.15) is 0 Å². The summed E-state index contributed by atoms with van der Waals surface area (Å²) in [5.41, 5.74) is 0.664. The van der Waals surface area contributed by atoms with E-state index in [1.165, 1.54) is 0 Å². The maximum Gasteiger partial charge on any atom is 0.318 e. The highest BCUT2D eigenvalue weighted by Crippen LogP contribution is 2.26. The number of rotatable bonds is 6. The lowest BCUT2D eigenvalue weighted by Gasteiger charge is -2.36. The third kappa shape index (κ3) is 6.63. The summed E-state index contributed by atoms with van der Waals surface area (Å²) >= 11 is 6.30. The molecule has 1 aromatic rings. The van der Waals surface area contributed by atoms with Crippen molar-refractivity contribution in [3.8, 4) is 0 Å². The van der Waals surface area contributed by atoms with Crippen LogP contribution in [0.25, 0.3) is 0 Å². The Labute approximate surface area is 177 Å². The molecule has 3 amide bonds. The molecule has 1 aromatic carbocycles. The van der Waals surface area contributed by atoms with Crippen LogP contribution in [-0.2, 0) is 14.3 Å². The standard InChI is InChI=1S/C21H30ClN3O4/c1-14(2)20(27)24-9-11-25(12-10-24)21(28)23-18(13-19(26)29-15(3)4)16-7-5-6-8-17(16)22/h5-8,14-15,18H,9-13H2,1-4H3,(H,23,28)/t18-/m1/s1. The first-order chi connectivity index (χ1) is 13.7. The lowest BCUT2D eigenvalue weighted by molar-refractivity contribution is -0.148. The molecule has 1 atom stereocenters. The summed E-state index contributed by atoms with van der Waals surface area (Å²) < 4.78 is 5.24. The van der Waals surface area contributed by atoms with Crippen molar-refractivity contribution < 1.29 is 19.1 Å². The topological polar surface area (TPSA) is 79.0 Å². The SMILES string of the molecule is CC(C)OC(=O)C[C@@H](NC(=O)N1CCN(C(=O)C(C)C)CC1)c1ccccc1Cl. The summed E-state index contributed by atoms with van der Waals surface area (Å²) in [7, 11) is 0. The van der Waals surface area contributed by atoms with Gasteiger partial charge in [-0.1, -0.05) is 43.6 Å². The number of nitrogens with one attached hydrogen (secondary N) is 1. The Kier molecular flexibility index (Phi) is 8.32. The molecule has 8 heteroatoms. The van der Waals surface area contributed by atoms with Gasteiger partial charge < -0.3 is 19.9 Å². The highest BCUT2D eigenvalue weighted by atomic mass is 35.5. The average Bonchev–Trinajstić information content (AvgIpc) is 2.66. The Morgan fingerprint density at radius 1 is 1.03 bits per heavy atom. The van der Waals surface area contributed by atoms with Crippen LogP contribution in [0, 0.1) is 5.92 Å². The van der Waals surface area contributed by atoms with Crippen LogP contribution in [0.4, 0.5) is 4.79 Å². The third-order valence-corrected chi connectivity index (χ3v) is 5.03. The van der Waals surface area contributed by atoms with E-state index in [0.29, 0.717) is 36.8 Å². The van der Waals surface area contributed by atoms with Crippen LogP contribution >= 0.6 is 11.6 Å². The lowest BCUT2D eigenvalue weighted by Crippen LogP contribution is -2.54. The number of halogens is 1. The molecular formula is C21H30ClN3O4. The fraction of sp³-hybridized carbons (Fsp3) is 0.571. The first-order valence-electron chi connectivity index (χ1n) is 9.97. The molecular weight excluding hydrogens is 394 g/mol. The van der Waals surface area contributed by atoms with Crippen LogP contribution in [0.3, 0.4) is 0 Å². The number of piperazine rings is 1. The van der Waals surface area contributed by atoms with Crippen LogP contribution in [0.15, 0.2) is 24.3 Å². The van der Waals surface area contributed by atoms with E-state index in [1.54, 1.807) is 41.8 Å². The molecule has 7 nitrogen and oxygen atoms in total. The Bertz CT molecular complexity index is 730. The number of ether oxygens (including phenoxy) is 1. The van der Waals surface area contributed by atoms with Crippen LogP contribution in [0.5, 0.6) is 0 Å². The number of hydrogen-bond acceptors (Lipinski definition) is 4. The van der Waals surface area contributed by atoms with Crippen molar-refractivity contribution >= 4 is 29.5 Å². The maximum atomic E-state index is 12.8. The number of carbonyl (C=O) groups excluding carboxylic acids is 3. The molecule has 29 heavy (non-hydrogen) atoms. The van der Waals surface area contributed by atoms with E-state index in [1.807, 2.05) is 19.9 Å². The normalized spacial score (nSPS) is 15.4. The minimum atomic E-state index is -0.599. The maximum absolute atomic E-state index is 12.8. The molecule has 160 valence electrons. The van der Waals surface area contributed by atoms with E-state index in [9.17, 15) is 14.4 Å². The molecule has 0 aliphatic carbocycles. The molecule has 0 bridgehead atoms. The van der Waals surface area contributed by atoms with Gasteiger partial charge in [-0.15, -0.1) is 0 Å². The molecule has 1 fully saturated rings. The van der Waals surface area contributed by atoms with E-state index in [0.717, 1.165) is 0 Å². The highest BCUT2D eigenvalue weighted by molar-refractivity contribution is 6.31. The molecule has 1 aliphatic rings. The number of esters is 1. The number of nitrogens with zero attached hydrogens (tertiary/aromatic N) is 2. The zero-order valence-corrected chi connectivity index (χ0v) is 18.2. The second kappa shape index (κ2) is 10.5. The number of urea groups is 1. The second-order valence-corrected chi connectivity index (χ2v) is 8.14. The zero-order chi connectivity index (χ0) is 21.6. The van der Waals surface area contributed by atoms with Crippen molar-refractivity contribution in [2.24, 2.45) is 5.92 Å². The fourth-order valence-corrected chi connectivity index (χ4v) is 3.48. The molecule has 0 radical (unpaired) electrons. The van der Waals surface area contributed by atoms with Crippen molar-refractivity contribution in [1.82, 2.24) is 15.1 Å². The fourth-order valence-electron chi connectivity index (χ4n) is 3.21. The van der Waals surface area contributed by atoms with Gasteiger partial charge in [-0.05, 0) is 25.5 Å². The van der Waals surface area contributed by atoms with Crippen molar-refractivity contribution in [3.63, 3.8) is 0 Å². The van der Waals surface area contributed by atoms with Crippen molar-refractivity contribution in [2.45, 2.75) is 46.3 Å². The summed E-state index contributed by atoms with van der Waals surface area (Å²) in [5, 5.41) is 3.39. The molecule has 0 aromatic heterocycles. The molecule has 0 saturated carbocycles. The summed E-state index contributed by atoms with van der Waals surface area (Å²) in [4.78, 5) is 40.6. The molecule has 2 rings (SSSR count). The summed E-state index contributed by atoms with van der Waals surface area (Å²) in [6.45, 7) is 9.16. The first-order valence-corrected chi connectivity index (χ1v) is 10.3. The highest BCUT2D eigenvalue weighted by Gasteiger charge is 2.28. The van der Waals surface area contributed by atoms with E-state index < -0.39 is 12.0 Å². The van der Waals surface area contributed by atoms with Crippen molar-refractivity contribution in [1.29, 1.82) is 0 Å². The largest absolute Gasteiger partial charge is 0.463 e. The quantitative estimate of drug-likeness (QED) is 0.712. The van der Waals surface area contributed by atoms with Gasteiger partial charge >= 0.3 is 12.0 Å². The van der Waals surface area contributed by atoms with Gasteiger partial charge in [0.1, 0.15) is 0 Å². The van der Waals surface area contributed by atoms with Crippen molar-refractivity contribution in [2.75, 3.05) is 26.2 Å². The molecule has 0 unspecified atom stereocenters. The molecule has 0 spiro atoms. The van der Waals surface area contributed by atoms with Gasteiger partial charge in [0.25, 0.3) is 0 Å². The summed E-state index contributed by atoms with van der Waals surface area (Å²) in [6.07, 6.45) is -0.254. The summed E-state index contributed by atoms with van der Waals surface area (Å²) in [6, 6.07) is 6.23. The Morgan fingerprint density at radius 2 is 1.62 bits per heavy atom. The van der Waals surface area contributed by atoms with E-state index in [2.05, 4.69) is 5.32 Å². The molecule has 1 aliphatic heterocycles. The monoisotopic (exact) mass is 423 g/mol. The van der Waals surface area contributed by atoms with Gasteiger partial charge in [0.05, 0.1) is 18.6 Å². The number of hydrogen-bond donors (Lipinski definition) is 1. The zero-order valence-electron chi connectivity index (χ0n) is 17.5. The number of benzene rings is 1. The van der Waals surface area contributed by atoms with E-state index in [4.69, 9.17) is 16.3 Å². The number of carbonyl (C=O) groups is 3. The molecule has 1 heterocycles. The van der Waals surface area contributed by atoms with Gasteiger partial charge in [-0.3, -0.25) is 9.59 Å². The molecule has 1 N–H and O–H groups in total. The van der Waals surface area contributed by atoms with Crippen molar-refractivity contribution in [3.05, 3.63) is 34.9 Å². The predicted octanol–water partition coefficient (Wildman–Crippen LogP) is 3.23. The summed E-state index contributed by atoms with van der Waals surface area (Å²) in [5.74, 6) is -0.375. The van der Waals surface area contributed by atoms with Crippen LogP contribution in [0.2, 0.25) is 5.02 Å². The van der Waals surface area contributed by atoms with E-state index in [-0.39, 0.29) is 30.4 Å². The van der Waals surface area contributed by atoms with Gasteiger partial charge in [0.15, 0.2) is 0 Å². The van der Waals surface area contributed by atoms with Crippen LogP contribution in [0.1, 0.15) is 45.7 Å². The van der Waals surface area contributed by atoms with Gasteiger partial charge in [0, 0.05) is 37.1 Å². The predicted molar refractivity (Wildman–Crippen MR) is 112 cm³/mol. The smallest absolute Gasteiger partial charge is 0.318 e. The minimum Gasteiger partial charge on any atom is -0.463 e. The average molecular weight is 424 g/mol. The first kappa shape index (κ1) is 23.0. The molecule has 1 saturated heterocycles. The van der Waals surface area contributed by atoms with Gasteiger partial charge in [0.2, 0.25) is 5.91 Å². The Morgan fingerprint density at radius 3 is 2.17 bits per heavy atom. The Hall–Kier alpha value is -2.28. The van der Waals surface area contributed by atoms with E-state index >= 15 is 0 Å². The second-order valence-electron chi connectivity index (χ2n) is 7.73. The third-order valence-electron chi connectivity index (χ3n) is 4.69. The Balaban J connectivity index is 2.05. The minimum absolute atomic E-state index is 0.0144. The van der Waals surface area contributed by atoms with Crippen LogP contribution in [-0.4, -0.2) is 60.0 Å². The number of amides is 3. The van der Waals surface area contributed by atoms with Crippen LogP contribution < -0.4 is 5.32 Å². The van der Waals surface area contributed by atoms with Gasteiger partial charge in [-0.25, -0.2) is 4.79 Å².